The van der Waals surface area contributed by atoms with Crippen molar-refractivity contribution in [1.29, 1.82) is 0 Å². The van der Waals surface area contributed by atoms with Gasteiger partial charge in [-0.05, 0) is 11.3 Å². The molecule has 0 unspecified atom stereocenters. The molecule has 1 aromatic rings. The van der Waals surface area contributed by atoms with E-state index in [0.29, 0.717) is 6.08 Å². The third kappa shape index (κ3) is 9.69. The van der Waals surface area contributed by atoms with Crippen molar-refractivity contribution >= 4 is 11.9 Å². The summed E-state index contributed by atoms with van der Waals surface area (Å²) in [5.41, 5.74) is 4.55. The first kappa shape index (κ1) is 11.7. The summed E-state index contributed by atoms with van der Waals surface area (Å²) in [4.78, 5) is 19.4. The van der Waals surface area contributed by atoms with E-state index in [2.05, 4.69) is 21.1 Å². The zero-order valence-corrected chi connectivity index (χ0v) is 7.07. The van der Waals surface area contributed by atoms with Crippen LogP contribution >= 0.6 is 0 Å². The third-order valence-electron chi connectivity index (χ3n) is 0.799. The number of nitrogens with zero attached hydrogens (tertiary/aromatic N) is 3. The molecule has 1 aromatic heterocycles. The lowest BCUT2D eigenvalue weighted by Gasteiger charge is -1.75. The van der Waals surface area contributed by atoms with Crippen LogP contribution in [-0.4, -0.2) is 32.4 Å². The van der Waals surface area contributed by atoms with Crippen LogP contribution in [-0.2, 0) is 9.59 Å². The molecular formula is C7H8N4O3. The van der Waals surface area contributed by atoms with Crippen LogP contribution in [0.25, 0.3) is 0 Å². The molecule has 1 rings (SSSR count). The van der Waals surface area contributed by atoms with Gasteiger partial charge in [-0.15, -0.1) is 10.2 Å². The number of carbonyl (C=O) groups excluding carboxylic acids is 1. The normalized spacial score (nSPS) is 8.86. The van der Waals surface area contributed by atoms with E-state index >= 15 is 0 Å². The molecule has 0 aliphatic carbocycles. The van der Waals surface area contributed by atoms with Crippen LogP contribution < -0.4 is 5.73 Å². The van der Waals surface area contributed by atoms with E-state index < -0.39 is 11.9 Å². The van der Waals surface area contributed by atoms with Gasteiger partial charge in [0.2, 0.25) is 5.91 Å². The van der Waals surface area contributed by atoms with Crippen molar-refractivity contribution in [3.8, 4) is 0 Å². The van der Waals surface area contributed by atoms with Gasteiger partial charge in [-0.3, -0.25) is 4.79 Å². The maximum atomic E-state index is 9.78. The first-order valence-corrected chi connectivity index (χ1v) is 3.41. The summed E-state index contributed by atoms with van der Waals surface area (Å²) in [6, 6.07) is 1.72. The van der Waals surface area contributed by atoms with Crippen molar-refractivity contribution in [2.45, 2.75) is 0 Å². The molecule has 0 saturated carbocycles. The van der Waals surface area contributed by atoms with E-state index in [1.165, 1.54) is 0 Å². The summed E-state index contributed by atoms with van der Waals surface area (Å²) in [5, 5.41) is 18.0. The first-order valence-electron chi connectivity index (χ1n) is 3.41. The van der Waals surface area contributed by atoms with Crippen molar-refractivity contribution in [2.24, 2.45) is 5.73 Å². The summed E-state index contributed by atoms with van der Waals surface area (Å²) in [6.07, 6.45) is 4.62. The predicted octanol–water partition coefficient (Wildman–Crippen LogP) is -1.02. The monoisotopic (exact) mass is 196 g/mol. The number of carboxylic acid groups (broad SMARTS) is 1. The molecule has 0 atom stereocenters. The number of primary amides is 1. The molecule has 74 valence electrons. The lowest BCUT2D eigenvalue weighted by Crippen LogP contribution is -2.06. The lowest BCUT2D eigenvalue weighted by atomic mass is 10.5. The largest absolute Gasteiger partial charge is 0.478 e. The summed E-state index contributed by atoms with van der Waals surface area (Å²) in [7, 11) is 0. The van der Waals surface area contributed by atoms with E-state index in [1.54, 1.807) is 18.5 Å². The highest BCUT2D eigenvalue weighted by atomic mass is 16.4. The van der Waals surface area contributed by atoms with Crippen LogP contribution in [0.1, 0.15) is 0 Å². The Kier molecular flexibility index (Phi) is 6.13. The molecule has 1 amide bonds. The van der Waals surface area contributed by atoms with Gasteiger partial charge in [0.1, 0.15) is 0 Å². The summed E-state index contributed by atoms with van der Waals surface area (Å²) in [6.45, 7) is 0. The summed E-state index contributed by atoms with van der Waals surface area (Å²) < 4.78 is 0. The SMILES string of the molecule is NC(=O)/C=C\C(=O)O.c1cnnnc1. The van der Waals surface area contributed by atoms with Crippen LogP contribution in [0.3, 0.4) is 0 Å². The number of carboxylic acids is 1. The van der Waals surface area contributed by atoms with Gasteiger partial charge in [0.05, 0.1) is 12.4 Å². The minimum Gasteiger partial charge on any atom is -0.478 e. The molecule has 7 nitrogen and oxygen atoms in total. The van der Waals surface area contributed by atoms with Gasteiger partial charge in [0.15, 0.2) is 0 Å². The number of rotatable bonds is 2. The topological polar surface area (TPSA) is 119 Å². The Morgan fingerprint density at radius 3 is 1.93 bits per heavy atom. The van der Waals surface area contributed by atoms with Crippen LogP contribution in [0.5, 0.6) is 0 Å². The second-order valence-corrected chi connectivity index (χ2v) is 1.88. The zero-order chi connectivity index (χ0) is 10.8. The second-order valence-electron chi connectivity index (χ2n) is 1.88. The second kappa shape index (κ2) is 7.35. The number of nitrogens with two attached hydrogens (primary N) is 1. The highest BCUT2D eigenvalue weighted by Crippen LogP contribution is 1.68. The zero-order valence-electron chi connectivity index (χ0n) is 7.07. The fourth-order valence-corrected chi connectivity index (χ4v) is 0.358. The van der Waals surface area contributed by atoms with Crippen LogP contribution in [0.15, 0.2) is 30.6 Å². The Bertz CT molecular complexity index is 269. The molecule has 0 aromatic carbocycles. The number of amides is 1. The smallest absolute Gasteiger partial charge is 0.328 e. The number of carbonyl (C=O) groups is 2. The van der Waals surface area contributed by atoms with Crippen LogP contribution in [0.4, 0.5) is 0 Å². The number of aromatic nitrogens is 3. The lowest BCUT2D eigenvalue weighted by molar-refractivity contribution is -0.131. The molecule has 0 fully saturated rings. The van der Waals surface area contributed by atoms with Crippen molar-refractivity contribution in [2.75, 3.05) is 0 Å². The molecule has 0 aliphatic rings. The fraction of sp³-hybridized carbons (Fsp3) is 0. The van der Waals surface area contributed by atoms with Gasteiger partial charge in [-0.25, -0.2) is 4.79 Å². The summed E-state index contributed by atoms with van der Waals surface area (Å²) in [5.74, 6) is -1.93. The highest BCUT2D eigenvalue weighted by Gasteiger charge is 1.86. The maximum absolute atomic E-state index is 9.78. The minimum absolute atomic E-state index is 0.683. The molecule has 7 heteroatoms. The Hall–Kier alpha value is -2.31. The molecule has 0 spiro atoms. The van der Waals surface area contributed by atoms with E-state index in [-0.39, 0.29) is 0 Å². The standard InChI is InChI=1S/C4H5NO3.C3H3N3/c5-3(6)1-2-4(7)8;1-2-4-6-5-3-1/h1-2H,(H2,5,6)(H,7,8);1-3H/b2-1-;. The Labute approximate surface area is 79.3 Å². The van der Waals surface area contributed by atoms with Gasteiger partial charge < -0.3 is 10.8 Å². The maximum Gasteiger partial charge on any atom is 0.328 e. The average molecular weight is 196 g/mol. The highest BCUT2D eigenvalue weighted by molar-refractivity contribution is 5.92. The Balaban J connectivity index is 0.000000249. The molecule has 14 heavy (non-hydrogen) atoms. The van der Waals surface area contributed by atoms with Gasteiger partial charge >= 0.3 is 5.97 Å². The quantitative estimate of drug-likeness (QED) is 0.584. The Morgan fingerprint density at radius 2 is 1.79 bits per heavy atom. The van der Waals surface area contributed by atoms with Crippen molar-refractivity contribution in [3.63, 3.8) is 0 Å². The fourth-order valence-electron chi connectivity index (χ4n) is 0.358. The van der Waals surface area contributed by atoms with Crippen molar-refractivity contribution in [3.05, 3.63) is 30.6 Å². The van der Waals surface area contributed by atoms with Gasteiger partial charge in [0.25, 0.3) is 0 Å². The van der Waals surface area contributed by atoms with Gasteiger partial charge in [0, 0.05) is 12.2 Å². The minimum atomic E-state index is -1.18. The van der Waals surface area contributed by atoms with E-state index in [9.17, 15) is 9.59 Å². The summed E-state index contributed by atoms with van der Waals surface area (Å²) >= 11 is 0. The van der Waals surface area contributed by atoms with E-state index in [1.807, 2.05) is 0 Å². The molecular weight excluding hydrogens is 188 g/mol. The average Bonchev–Trinajstić information content (AvgIpc) is 2.18. The number of hydrogen-bond donors (Lipinski definition) is 2. The van der Waals surface area contributed by atoms with Crippen molar-refractivity contribution < 1.29 is 14.7 Å². The Morgan fingerprint density at radius 1 is 1.21 bits per heavy atom. The number of aliphatic carboxylic acids is 1. The molecule has 1 heterocycles. The van der Waals surface area contributed by atoms with E-state index in [4.69, 9.17) is 5.11 Å². The first-order chi connectivity index (χ1) is 6.63. The predicted molar refractivity (Wildman–Crippen MR) is 45.8 cm³/mol. The molecule has 0 radical (unpaired) electrons. The molecule has 0 bridgehead atoms. The van der Waals surface area contributed by atoms with Crippen molar-refractivity contribution in [1.82, 2.24) is 15.4 Å². The van der Waals surface area contributed by atoms with Gasteiger partial charge in [-0.2, -0.15) is 0 Å². The van der Waals surface area contributed by atoms with Crippen LogP contribution in [0, 0.1) is 0 Å². The van der Waals surface area contributed by atoms with Gasteiger partial charge in [-0.1, -0.05) is 0 Å². The number of hydrogen-bond acceptors (Lipinski definition) is 5. The molecule has 0 saturated heterocycles. The molecule has 3 N–H and O–H groups in total. The molecule has 0 aliphatic heterocycles. The third-order valence-corrected chi connectivity index (χ3v) is 0.799. The van der Waals surface area contributed by atoms with E-state index in [0.717, 1.165) is 6.08 Å². The van der Waals surface area contributed by atoms with Crippen LogP contribution in [0.2, 0.25) is 0 Å².